The van der Waals surface area contributed by atoms with Gasteiger partial charge in [-0.15, -0.1) is 0 Å². The summed E-state index contributed by atoms with van der Waals surface area (Å²) >= 11 is 0. The lowest BCUT2D eigenvalue weighted by molar-refractivity contribution is 0.390. The summed E-state index contributed by atoms with van der Waals surface area (Å²) in [4.78, 5) is 2.13. The van der Waals surface area contributed by atoms with Gasteiger partial charge in [0.2, 0.25) is 0 Å². The van der Waals surface area contributed by atoms with E-state index < -0.39 is 0 Å². The number of hydrogen-bond donors (Lipinski definition) is 1. The van der Waals surface area contributed by atoms with Gasteiger partial charge in [0.05, 0.1) is 5.69 Å². The van der Waals surface area contributed by atoms with Crippen LogP contribution < -0.4 is 10.2 Å². The van der Waals surface area contributed by atoms with Crippen LogP contribution >= 0.6 is 0 Å². The number of hydrogen-bond acceptors (Lipinski definition) is 2. The minimum Gasteiger partial charge on any atom is -0.385 e. The summed E-state index contributed by atoms with van der Waals surface area (Å²) in [6.45, 7) is 9.48. The Kier molecular flexibility index (Phi) is 4.33. The Morgan fingerprint density at radius 3 is 2.47 bits per heavy atom. The molecule has 0 bridgehead atoms. The molecule has 0 radical (unpaired) electrons. The SMILES string of the molecule is CC(C)(C)CCNc1ccc(N2CCCC2)c(F)c1. The molecule has 0 unspecified atom stereocenters. The quantitative estimate of drug-likeness (QED) is 0.873. The van der Waals surface area contributed by atoms with Gasteiger partial charge in [-0.1, -0.05) is 20.8 Å². The zero-order valence-electron chi connectivity index (χ0n) is 12.3. The molecule has 1 aromatic carbocycles. The molecule has 1 aromatic rings. The van der Waals surface area contributed by atoms with Crippen molar-refractivity contribution in [2.24, 2.45) is 5.41 Å². The monoisotopic (exact) mass is 264 g/mol. The van der Waals surface area contributed by atoms with Crippen molar-refractivity contribution in [1.82, 2.24) is 0 Å². The van der Waals surface area contributed by atoms with Gasteiger partial charge in [0.1, 0.15) is 5.82 Å². The standard InChI is InChI=1S/C16H25FN2/c1-16(2,3)8-9-18-13-6-7-15(14(17)12-13)19-10-4-5-11-19/h6-7,12,18H,4-5,8-11H2,1-3H3. The fourth-order valence-corrected chi connectivity index (χ4v) is 2.41. The Hall–Kier alpha value is -1.25. The molecule has 0 saturated carbocycles. The van der Waals surface area contributed by atoms with E-state index in [1.807, 2.05) is 12.1 Å². The highest BCUT2D eigenvalue weighted by Crippen LogP contribution is 2.26. The van der Waals surface area contributed by atoms with Crippen LogP contribution in [0.1, 0.15) is 40.0 Å². The average molecular weight is 264 g/mol. The minimum absolute atomic E-state index is 0.109. The summed E-state index contributed by atoms with van der Waals surface area (Å²) in [5.41, 5.74) is 1.93. The highest BCUT2D eigenvalue weighted by Gasteiger charge is 2.16. The van der Waals surface area contributed by atoms with E-state index in [-0.39, 0.29) is 5.82 Å². The van der Waals surface area contributed by atoms with Crippen molar-refractivity contribution in [3.05, 3.63) is 24.0 Å². The molecule has 0 atom stereocenters. The Morgan fingerprint density at radius 1 is 1.21 bits per heavy atom. The van der Waals surface area contributed by atoms with Crippen molar-refractivity contribution >= 4 is 11.4 Å². The van der Waals surface area contributed by atoms with E-state index in [1.165, 1.54) is 12.8 Å². The molecule has 1 heterocycles. The van der Waals surface area contributed by atoms with Crippen molar-refractivity contribution in [1.29, 1.82) is 0 Å². The third kappa shape index (κ3) is 4.12. The van der Waals surface area contributed by atoms with Crippen LogP contribution in [0.25, 0.3) is 0 Å². The Labute approximate surface area is 116 Å². The first-order valence-corrected chi connectivity index (χ1v) is 7.24. The molecular formula is C16H25FN2. The van der Waals surface area contributed by atoms with Crippen LogP contribution in [0, 0.1) is 11.2 Å². The highest BCUT2D eigenvalue weighted by atomic mass is 19.1. The zero-order chi connectivity index (χ0) is 13.9. The third-order valence-electron chi connectivity index (χ3n) is 3.60. The predicted octanol–water partition coefficient (Wildman–Crippen LogP) is 4.27. The molecule has 2 nitrogen and oxygen atoms in total. The number of rotatable bonds is 4. The van der Waals surface area contributed by atoms with Crippen LogP contribution in [0.4, 0.5) is 15.8 Å². The molecule has 0 amide bonds. The van der Waals surface area contributed by atoms with Gasteiger partial charge < -0.3 is 10.2 Å². The molecule has 19 heavy (non-hydrogen) atoms. The minimum atomic E-state index is -0.109. The maximum Gasteiger partial charge on any atom is 0.148 e. The molecule has 1 fully saturated rings. The maximum absolute atomic E-state index is 14.1. The molecule has 0 spiro atoms. The van der Waals surface area contributed by atoms with E-state index in [1.54, 1.807) is 6.07 Å². The lowest BCUT2D eigenvalue weighted by Gasteiger charge is -2.20. The second-order valence-corrected chi connectivity index (χ2v) is 6.60. The fraction of sp³-hybridized carbons (Fsp3) is 0.625. The number of benzene rings is 1. The smallest absolute Gasteiger partial charge is 0.148 e. The summed E-state index contributed by atoms with van der Waals surface area (Å²) in [7, 11) is 0. The van der Waals surface area contributed by atoms with Crippen molar-refractivity contribution in [3.8, 4) is 0 Å². The van der Waals surface area contributed by atoms with E-state index in [4.69, 9.17) is 0 Å². The molecule has 1 aliphatic heterocycles. The van der Waals surface area contributed by atoms with Crippen LogP contribution in [-0.4, -0.2) is 19.6 Å². The number of halogens is 1. The number of anilines is 2. The first-order valence-electron chi connectivity index (χ1n) is 7.24. The molecular weight excluding hydrogens is 239 g/mol. The van der Waals surface area contributed by atoms with Crippen molar-refractivity contribution in [2.45, 2.75) is 40.0 Å². The molecule has 3 heteroatoms. The first-order chi connectivity index (χ1) is 8.96. The predicted molar refractivity (Wildman–Crippen MR) is 80.4 cm³/mol. The maximum atomic E-state index is 14.1. The second-order valence-electron chi connectivity index (χ2n) is 6.60. The van der Waals surface area contributed by atoms with E-state index in [0.717, 1.165) is 37.4 Å². The number of nitrogens with zero attached hydrogens (tertiary/aromatic N) is 1. The number of nitrogens with one attached hydrogen (secondary N) is 1. The average Bonchev–Trinajstić information content (AvgIpc) is 2.81. The van der Waals surface area contributed by atoms with Crippen LogP contribution in [-0.2, 0) is 0 Å². The van der Waals surface area contributed by atoms with Crippen molar-refractivity contribution < 1.29 is 4.39 Å². The molecule has 106 valence electrons. The largest absolute Gasteiger partial charge is 0.385 e. The molecule has 0 aliphatic carbocycles. The third-order valence-corrected chi connectivity index (χ3v) is 3.60. The molecule has 1 saturated heterocycles. The summed E-state index contributed by atoms with van der Waals surface area (Å²) in [5.74, 6) is -0.109. The second kappa shape index (κ2) is 5.81. The normalized spacial score (nSPS) is 15.9. The Balaban J connectivity index is 1.94. The molecule has 1 N–H and O–H groups in total. The van der Waals surface area contributed by atoms with Gasteiger partial charge in [-0.25, -0.2) is 4.39 Å². The van der Waals surface area contributed by atoms with E-state index in [9.17, 15) is 4.39 Å². The summed E-state index contributed by atoms with van der Waals surface area (Å²) in [6, 6.07) is 5.51. The van der Waals surface area contributed by atoms with Gasteiger partial charge in [-0.05, 0) is 42.9 Å². The summed E-state index contributed by atoms with van der Waals surface area (Å²) < 4.78 is 14.1. The fourth-order valence-electron chi connectivity index (χ4n) is 2.41. The molecule has 0 aromatic heterocycles. The summed E-state index contributed by atoms with van der Waals surface area (Å²) in [6.07, 6.45) is 3.42. The van der Waals surface area contributed by atoms with Crippen molar-refractivity contribution in [2.75, 3.05) is 29.9 Å². The van der Waals surface area contributed by atoms with Crippen LogP contribution in [0.2, 0.25) is 0 Å². The topological polar surface area (TPSA) is 15.3 Å². The molecule has 2 rings (SSSR count). The van der Waals surface area contributed by atoms with Gasteiger partial charge in [-0.2, -0.15) is 0 Å². The summed E-state index contributed by atoms with van der Waals surface area (Å²) in [5, 5.41) is 3.30. The first kappa shape index (κ1) is 14.2. The van der Waals surface area contributed by atoms with Crippen LogP contribution in [0.15, 0.2) is 18.2 Å². The van der Waals surface area contributed by atoms with Gasteiger partial charge in [-0.3, -0.25) is 0 Å². The van der Waals surface area contributed by atoms with Crippen LogP contribution in [0.5, 0.6) is 0 Å². The van der Waals surface area contributed by atoms with E-state index in [0.29, 0.717) is 5.41 Å². The van der Waals surface area contributed by atoms with Gasteiger partial charge >= 0.3 is 0 Å². The van der Waals surface area contributed by atoms with Gasteiger partial charge in [0, 0.05) is 25.3 Å². The Morgan fingerprint density at radius 2 is 1.89 bits per heavy atom. The lowest BCUT2D eigenvalue weighted by atomic mass is 9.92. The highest BCUT2D eigenvalue weighted by molar-refractivity contribution is 5.56. The van der Waals surface area contributed by atoms with Crippen LogP contribution in [0.3, 0.4) is 0 Å². The van der Waals surface area contributed by atoms with E-state index >= 15 is 0 Å². The molecule has 1 aliphatic rings. The van der Waals surface area contributed by atoms with E-state index in [2.05, 4.69) is 31.0 Å². The lowest BCUT2D eigenvalue weighted by Crippen LogP contribution is -2.19. The van der Waals surface area contributed by atoms with Gasteiger partial charge in [0.15, 0.2) is 0 Å². The Bertz CT molecular complexity index is 417. The van der Waals surface area contributed by atoms with Gasteiger partial charge in [0.25, 0.3) is 0 Å². The van der Waals surface area contributed by atoms with Crippen molar-refractivity contribution in [3.63, 3.8) is 0 Å². The zero-order valence-corrected chi connectivity index (χ0v) is 12.3.